The second-order valence-electron chi connectivity index (χ2n) is 6.76. The quantitative estimate of drug-likeness (QED) is 0.372. The van der Waals surface area contributed by atoms with Crippen LogP contribution < -0.4 is 24.8 Å². The Hall–Kier alpha value is -4.01. The summed E-state index contributed by atoms with van der Waals surface area (Å²) in [7, 11) is 4.64. The van der Waals surface area contributed by atoms with E-state index < -0.39 is 0 Å². The van der Waals surface area contributed by atoms with E-state index in [9.17, 15) is 4.79 Å². The molecule has 0 unspecified atom stereocenters. The van der Waals surface area contributed by atoms with Gasteiger partial charge in [0.1, 0.15) is 17.5 Å². The van der Waals surface area contributed by atoms with Gasteiger partial charge in [-0.3, -0.25) is 4.79 Å². The summed E-state index contributed by atoms with van der Waals surface area (Å²) < 4.78 is 17.9. The van der Waals surface area contributed by atoms with Crippen molar-refractivity contribution in [2.24, 2.45) is 0 Å². The van der Waals surface area contributed by atoms with E-state index in [0.29, 0.717) is 42.0 Å². The summed E-state index contributed by atoms with van der Waals surface area (Å²) >= 11 is 0. The number of carbonyl (C=O) groups is 1. The molecule has 9 nitrogen and oxygen atoms in total. The fourth-order valence-electron chi connectivity index (χ4n) is 3.07. The molecule has 3 aromatic rings. The fourth-order valence-corrected chi connectivity index (χ4v) is 3.07. The van der Waals surface area contributed by atoms with Crippen LogP contribution in [0.25, 0.3) is 11.9 Å². The van der Waals surface area contributed by atoms with Gasteiger partial charge in [0.05, 0.1) is 21.3 Å². The van der Waals surface area contributed by atoms with Crippen molar-refractivity contribution in [3.63, 3.8) is 0 Å². The van der Waals surface area contributed by atoms with Gasteiger partial charge in [0.2, 0.25) is 11.7 Å². The largest absolute Gasteiger partial charge is 0.493 e. The highest BCUT2D eigenvalue weighted by Crippen LogP contribution is 2.38. The minimum absolute atomic E-state index is 0.215. The molecule has 0 aliphatic carbocycles. The third kappa shape index (κ3) is 5.78. The molecule has 0 radical (unpaired) electrons. The third-order valence-electron chi connectivity index (χ3n) is 4.54. The van der Waals surface area contributed by atoms with Crippen LogP contribution >= 0.6 is 0 Å². The molecule has 3 rings (SSSR count). The number of nitrogens with one attached hydrogen (secondary N) is 2. The van der Waals surface area contributed by atoms with Crippen molar-refractivity contribution >= 4 is 17.8 Å². The predicted octanol–water partition coefficient (Wildman–Crippen LogP) is 2.84. The monoisotopic (exact) mass is 437 g/mol. The number of benzene rings is 1. The van der Waals surface area contributed by atoms with Crippen molar-refractivity contribution in [1.82, 2.24) is 19.9 Å². The van der Waals surface area contributed by atoms with Crippen molar-refractivity contribution in [3.05, 3.63) is 60.2 Å². The van der Waals surface area contributed by atoms with Gasteiger partial charge >= 0.3 is 0 Å². The summed E-state index contributed by atoms with van der Waals surface area (Å²) in [5.41, 5.74) is 0.752. The molecule has 0 saturated carbocycles. The zero-order chi connectivity index (χ0) is 22.9. The average molecular weight is 438 g/mol. The van der Waals surface area contributed by atoms with Crippen molar-refractivity contribution in [1.29, 1.82) is 0 Å². The van der Waals surface area contributed by atoms with Gasteiger partial charge in [-0.2, -0.15) is 0 Å². The molecular weight excluding hydrogens is 410 g/mol. The molecule has 0 saturated heterocycles. The summed E-state index contributed by atoms with van der Waals surface area (Å²) in [5.74, 6) is 3.47. The molecule has 0 bridgehead atoms. The van der Waals surface area contributed by atoms with Gasteiger partial charge in [-0.25, -0.2) is 9.97 Å². The number of ether oxygens (including phenoxy) is 3. The van der Waals surface area contributed by atoms with Crippen molar-refractivity contribution < 1.29 is 19.0 Å². The Morgan fingerprint density at radius 3 is 2.31 bits per heavy atom. The first-order valence-electron chi connectivity index (χ1n) is 10.0. The molecule has 2 aromatic heterocycles. The minimum Gasteiger partial charge on any atom is -0.493 e. The van der Waals surface area contributed by atoms with Crippen LogP contribution in [0, 0.1) is 6.92 Å². The van der Waals surface area contributed by atoms with Gasteiger partial charge < -0.3 is 29.4 Å². The second kappa shape index (κ2) is 10.9. The Labute approximate surface area is 187 Å². The first kappa shape index (κ1) is 22.7. The molecule has 1 amide bonds. The number of methoxy groups -OCH3 is 3. The van der Waals surface area contributed by atoms with Gasteiger partial charge in [0.25, 0.3) is 0 Å². The number of anilines is 1. The maximum atomic E-state index is 12.2. The van der Waals surface area contributed by atoms with E-state index in [0.717, 1.165) is 11.4 Å². The molecule has 0 fully saturated rings. The van der Waals surface area contributed by atoms with Crippen LogP contribution in [0.15, 0.2) is 48.8 Å². The lowest BCUT2D eigenvalue weighted by molar-refractivity contribution is -0.116. The molecule has 0 aliphatic rings. The van der Waals surface area contributed by atoms with Gasteiger partial charge in [0.15, 0.2) is 11.5 Å². The van der Waals surface area contributed by atoms with Crippen molar-refractivity contribution in [3.8, 4) is 23.1 Å². The SMILES string of the molecule is COc1cc(/C=C/C(=O)NCCNc2cc(-n3cccc3)nc(C)n2)cc(OC)c1OC. The van der Waals surface area contributed by atoms with Gasteiger partial charge in [-0.1, -0.05) is 0 Å². The summed E-state index contributed by atoms with van der Waals surface area (Å²) in [6.45, 7) is 2.79. The summed E-state index contributed by atoms with van der Waals surface area (Å²) in [6.07, 6.45) is 6.99. The predicted molar refractivity (Wildman–Crippen MR) is 123 cm³/mol. The maximum Gasteiger partial charge on any atom is 0.244 e. The third-order valence-corrected chi connectivity index (χ3v) is 4.54. The highest BCUT2D eigenvalue weighted by molar-refractivity contribution is 5.91. The number of nitrogens with zero attached hydrogens (tertiary/aromatic N) is 3. The first-order chi connectivity index (χ1) is 15.5. The molecule has 0 aliphatic heterocycles. The molecule has 0 atom stereocenters. The van der Waals surface area contributed by atoms with E-state index in [1.807, 2.05) is 42.1 Å². The maximum absolute atomic E-state index is 12.2. The second-order valence-corrected chi connectivity index (χ2v) is 6.76. The highest BCUT2D eigenvalue weighted by atomic mass is 16.5. The molecule has 2 heterocycles. The number of aryl methyl sites for hydroxylation is 1. The number of amides is 1. The average Bonchev–Trinajstić information content (AvgIpc) is 3.34. The van der Waals surface area contributed by atoms with E-state index in [4.69, 9.17) is 14.2 Å². The van der Waals surface area contributed by atoms with Crippen molar-refractivity contribution in [2.75, 3.05) is 39.7 Å². The van der Waals surface area contributed by atoms with Crippen LogP contribution in [-0.4, -0.2) is 54.9 Å². The van der Waals surface area contributed by atoms with E-state index in [1.165, 1.54) is 6.08 Å². The zero-order valence-electron chi connectivity index (χ0n) is 18.6. The molecule has 168 valence electrons. The molecule has 2 N–H and O–H groups in total. The molecular formula is C23H27N5O4. The number of rotatable bonds is 10. The molecule has 0 spiro atoms. The van der Waals surface area contributed by atoms with E-state index >= 15 is 0 Å². The standard InChI is InChI=1S/C23H27N5O4/c1-16-26-20(15-21(27-16)28-11-5-6-12-28)24-9-10-25-22(29)8-7-17-13-18(30-2)23(32-4)19(14-17)31-3/h5-8,11-15H,9-10H2,1-4H3,(H,25,29)(H,24,26,27)/b8-7+. The topological polar surface area (TPSA) is 99.5 Å². The Morgan fingerprint density at radius 1 is 1.00 bits per heavy atom. The molecule has 9 heteroatoms. The fraction of sp³-hybridized carbons (Fsp3) is 0.261. The highest BCUT2D eigenvalue weighted by Gasteiger charge is 2.12. The Morgan fingerprint density at radius 2 is 1.69 bits per heavy atom. The van der Waals surface area contributed by atoms with Crippen LogP contribution in [0.2, 0.25) is 0 Å². The number of hydrogen-bond donors (Lipinski definition) is 2. The van der Waals surface area contributed by atoms with E-state index in [1.54, 1.807) is 39.5 Å². The van der Waals surface area contributed by atoms with Crippen LogP contribution in [-0.2, 0) is 4.79 Å². The Bertz CT molecular complexity index is 1050. The lowest BCUT2D eigenvalue weighted by Crippen LogP contribution is -2.27. The number of carbonyl (C=O) groups excluding carboxylic acids is 1. The summed E-state index contributed by atoms with van der Waals surface area (Å²) in [6, 6.07) is 9.27. The Kier molecular flexibility index (Phi) is 7.69. The van der Waals surface area contributed by atoms with E-state index in [2.05, 4.69) is 20.6 Å². The number of aromatic nitrogens is 3. The van der Waals surface area contributed by atoms with Crippen LogP contribution in [0.5, 0.6) is 17.2 Å². The van der Waals surface area contributed by atoms with Crippen LogP contribution in [0.4, 0.5) is 5.82 Å². The van der Waals surface area contributed by atoms with Crippen molar-refractivity contribution in [2.45, 2.75) is 6.92 Å². The first-order valence-corrected chi connectivity index (χ1v) is 10.0. The van der Waals surface area contributed by atoms with Gasteiger partial charge in [-0.15, -0.1) is 0 Å². The van der Waals surface area contributed by atoms with E-state index in [-0.39, 0.29) is 5.91 Å². The normalized spacial score (nSPS) is 10.8. The summed E-state index contributed by atoms with van der Waals surface area (Å²) in [5, 5.41) is 6.05. The van der Waals surface area contributed by atoms with Gasteiger partial charge in [0, 0.05) is 37.6 Å². The summed E-state index contributed by atoms with van der Waals surface area (Å²) in [4.78, 5) is 21.0. The smallest absolute Gasteiger partial charge is 0.244 e. The molecule has 1 aromatic carbocycles. The zero-order valence-corrected chi connectivity index (χ0v) is 18.6. The number of hydrogen-bond acceptors (Lipinski definition) is 7. The lowest BCUT2D eigenvalue weighted by Gasteiger charge is -2.12. The lowest BCUT2D eigenvalue weighted by atomic mass is 10.1. The Balaban J connectivity index is 1.53. The molecule has 32 heavy (non-hydrogen) atoms. The van der Waals surface area contributed by atoms with Crippen LogP contribution in [0.3, 0.4) is 0 Å². The van der Waals surface area contributed by atoms with Gasteiger partial charge in [-0.05, 0) is 42.8 Å². The minimum atomic E-state index is -0.215. The van der Waals surface area contributed by atoms with Crippen LogP contribution in [0.1, 0.15) is 11.4 Å².